The molecule has 162 valence electrons. The maximum atomic E-state index is 12.1. The second-order valence-electron chi connectivity index (χ2n) is 8.37. The SMILES string of the molecule is CC(C)(C)c1c(C(=O)O)cc(OCc2ccccc2)c(CO)c1OCc1ccccc1. The number of ether oxygens (including phenoxy) is 2. The molecule has 3 aromatic carbocycles. The molecular formula is C26H28O5. The van der Waals surface area contributed by atoms with E-state index in [0.29, 0.717) is 22.6 Å². The van der Waals surface area contributed by atoms with Crippen LogP contribution in [-0.2, 0) is 25.2 Å². The van der Waals surface area contributed by atoms with Gasteiger partial charge in [0, 0.05) is 5.56 Å². The smallest absolute Gasteiger partial charge is 0.336 e. The third-order valence-corrected chi connectivity index (χ3v) is 4.95. The maximum Gasteiger partial charge on any atom is 0.336 e. The zero-order chi connectivity index (χ0) is 22.4. The maximum absolute atomic E-state index is 12.1. The van der Waals surface area contributed by atoms with Crippen LogP contribution in [0.1, 0.15) is 53.4 Å². The van der Waals surface area contributed by atoms with E-state index in [1.165, 1.54) is 6.07 Å². The number of aliphatic hydroxyl groups is 1. The minimum atomic E-state index is -1.07. The highest BCUT2D eigenvalue weighted by atomic mass is 16.5. The Morgan fingerprint density at radius 1 is 0.871 bits per heavy atom. The number of carboxylic acids is 1. The molecule has 0 saturated heterocycles. The number of hydrogen-bond acceptors (Lipinski definition) is 4. The first-order chi connectivity index (χ1) is 14.8. The molecule has 0 radical (unpaired) electrons. The van der Waals surface area contributed by atoms with Gasteiger partial charge in [0.25, 0.3) is 0 Å². The molecule has 0 fully saturated rings. The van der Waals surface area contributed by atoms with Gasteiger partial charge in [-0.3, -0.25) is 0 Å². The number of rotatable bonds is 8. The molecule has 0 aromatic heterocycles. The third-order valence-electron chi connectivity index (χ3n) is 4.95. The standard InChI is InChI=1S/C26H28O5/c1-26(2,3)23-20(25(28)29)14-22(30-16-18-10-6-4-7-11-18)21(15-27)24(23)31-17-19-12-8-5-9-13-19/h4-14,27H,15-17H2,1-3H3,(H,28,29). The van der Waals surface area contributed by atoms with E-state index in [0.717, 1.165) is 11.1 Å². The second kappa shape index (κ2) is 9.67. The molecule has 0 unspecified atom stereocenters. The second-order valence-corrected chi connectivity index (χ2v) is 8.37. The number of hydrogen-bond donors (Lipinski definition) is 2. The van der Waals surface area contributed by atoms with Crippen LogP contribution in [0.5, 0.6) is 11.5 Å². The van der Waals surface area contributed by atoms with E-state index < -0.39 is 11.4 Å². The van der Waals surface area contributed by atoms with Crippen LogP contribution in [0.3, 0.4) is 0 Å². The Morgan fingerprint density at radius 2 is 1.39 bits per heavy atom. The largest absolute Gasteiger partial charge is 0.488 e. The summed E-state index contributed by atoms with van der Waals surface area (Å²) in [6.45, 7) is 5.94. The van der Waals surface area contributed by atoms with E-state index in [9.17, 15) is 15.0 Å². The van der Waals surface area contributed by atoms with E-state index in [1.54, 1.807) is 0 Å². The summed E-state index contributed by atoms with van der Waals surface area (Å²) < 4.78 is 12.1. The topological polar surface area (TPSA) is 76.0 Å². The van der Waals surface area contributed by atoms with Crippen LogP contribution in [-0.4, -0.2) is 16.2 Å². The molecule has 0 aliphatic heterocycles. The summed E-state index contributed by atoms with van der Waals surface area (Å²) in [5.74, 6) is -0.398. The van der Waals surface area contributed by atoms with Crippen LogP contribution in [0.15, 0.2) is 66.7 Å². The molecule has 3 aromatic rings. The molecule has 0 heterocycles. The van der Waals surface area contributed by atoms with Gasteiger partial charge in [-0.1, -0.05) is 81.4 Å². The number of aliphatic hydroxyl groups excluding tert-OH is 1. The fraction of sp³-hybridized carbons (Fsp3) is 0.269. The van der Waals surface area contributed by atoms with E-state index in [2.05, 4.69) is 0 Å². The zero-order valence-electron chi connectivity index (χ0n) is 18.1. The van der Waals surface area contributed by atoms with Crippen molar-refractivity contribution in [1.82, 2.24) is 0 Å². The molecule has 0 bridgehead atoms. The number of carboxylic acid groups (broad SMARTS) is 1. The lowest BCUT2D eigenvalue weighted by molar-refractivity contribution is 0.0692. The van der Waals surface area contributed by atoms with Gasteiger partial charge in [-0.2, -0.15) is 0 Å². The van der Waals surface area contributed by atoms with E-state index in [-0.39, 0.29) is 25.4 Å². The Morgan fingerprint density at radius 3 is 1.84 bits per heavy atom. The molecule has 0 atom stereocenters. The van der Waals surface area contributed by atoms with Gasteiger partial charge in [0.15, 0.2) is 0 Å². The van der Waals surface area contributed by atoms with Crippen molar-refractivity contribution in [2.24, 2.45) is 0 Å². The summed E-state index contributed by atoms with van der Waals surface area (Å²) >= 11 is 0. The van der Waals surface area contributed by atoms with Crippen molar-refractivity contribution < 1.29 is 24.5 Å². The Labute approximate surface area is 182 Å². The van der Waals surface area contributed by atoms with Gasteiger partial charge in [-0.05, 0) is 22.6 Å². The molecular weight excluding hydrogens is 392 g/mol. The van der Waals surface area contributed by atoms with Crippen molar-refractivity contribution >= 4 is 5.97 Å². The monoisotopic (exact) mass is 420 g/mol. The van der Waals surface area contributed by atoms with Crippen LogP contribution in [0.25, 0.3) is 0 Å². The molecule has 3 rings (SSSR count). The molecule has 0 aliphatic carbocycles. The van der Waals surface area contributed by atoms with Gasteiger partial charge in [0.1, 0.15) is 24.7 Å². The van der Waals surface area contributed by atoms with Crippen molar-refractivity contribution in [3.8, 4) is 11.5 Å². The highest BCUT2D eigenvalue weighted by molar-refractivity contribution is 5.92. The van der Waals surface area contributed by atoms with E-state index in [4.69, 9.17) is 9.47 Å². The Balaban J connectivity index is 2.08. The van der Waals surface area contributed by atoms with Crippen LogP contribution in [0.4, 0.5) is 0 Å². The quantitative estimate of drug-likeness (QED) is 0.515. The lowest BCUT2D eigenvalue weighted by Gasteiger charge is -2.28. The fourth-order valence-corrected chi connectivity index (χ4v) is 3.49. The predicted octanol–water partition coefficient (Wildman–Crippen LogP) is 5.33. The molecule has 2 N–H and O–H groups in total. The first-order valence-electron chi connectivity index (χ1n) is 10.2. The van der Waals surface area contributed by atoms with Gasteiger partial charge < -0.3 is 19.7 Å². The molecule has 5 nitrogen and oxygen atoms in total. The summed E-state index contributed by atoms with van der Waals surface area (Å²) in [6, 6.07) is 20.7. The first-order valence-corrected chi connectivity index (χ1v) is 10.2. The molecule has 0 amide bonds. The van der Waals surface area contributed by atoms with Gasteiger partial charge in [0.05, 0.1) is 17.7 Å². The molecule has 5 heteroatoms. The Hall–Kier alpha value is -3.31. The van der Waals surface area contributed by atoms with Crippen molar-refractivity contribution in [2.75, 3.05) is 0 Å². The molecule has 0 spiro atoms. The first kappa shape index (κ1) is 22.4. The van der Waals surface area contributed by atoms with E-state index in [1.807, 2.05) is 81.4 Å². The normalized spacial score (nSPS) is 11.2. The average molecular weight is 421 g/mol. The molecule has 0 saturated carbocycles. The third kappa shape index (κ3) is 5.44. The molecule has 31 heavy (non-hydrogen) atoms. The van der Waals surface area contributed by atoms with Gasteiger partial charge in [-0.25, -0.2) is 4.79 Å². The van der Waals surface area contributed by atoms with Gasteiger partial charge in [-0.15, -0.1) is 0 Å². The minimum absolute atomic E-state index is 0.107. The highest BCUT2D eigenvalue weighted by Crippen LogP contribution is 2.42. The highest BCUT2D eigenvalue weighted by Gasteiger charge is 2.31. The van der Waals surface area contributed by atoms with Crippen molar-refractivity contribution in [3.63, 3.8) is 0 Å². The van der Waals surface area contributed by atoms with Gasteiger partial charge >= 0.3 is 5.97 Å². The minimum Gasteiger partial charge on any atom is -0.488 e. The summed E-state index contributed by atoms with van der Waals surface area (Å²) in [5, 5.41) is 20.1. The zero-order valence-corrected chi connectivity index (χ0v) is 18.1. The van der Waals surface area contributed by atoms with Crippen molar-refractivity contribution in [3.05, 3.63) is 94.5 Å². The summed E-state index contributed by atoms with van der Waals surface area (Å²) in [4.78, 5) is 12.1. The van der Waals surface area contributed by atoms with Crippen molar-refractivity contribution in [2.45, 2.75) is 46.0 Å². The summed E-state index contributed by atoms with van der Waals surface area (Å²) in [5.41, 5.74) is 2.44. The predicted molar refractivity (Wildman–Crippen MR) is 120 cm³/mol. The summed E-state index contributed by atoms with van der Waals surface area (Å²) in [7, 11) is 0. The fourth-order valence-electron chi connectivity index (χ4n) is 3.49. The number of aromatic carboxylic acids is 1. The van der Waals surface area contributed by atoms with Crippen molar-refractivity contribution in [1.29, 1.82) is 0 Å². The molecule has 0 aliphatic rings. The lowest BCUT2D eigenvalue weighted by Crippen LogP contribution is -2.21. The Kier molecular flexibility index (Phi) is 6.98. The number of benzene rings is 3. The number of carbonyl (C=O) groups is 1. The van der Waals surface area contributed by atoms with Gasteiger partial charge in [0.2, 0.25) is 0 Å². The van der Waals surface area contributed by atoms with Crippen LogP contribution >= 0.6 is 0 Å². The Bertz CT molecular complexity index is 1020. The van der Waals surface area contributed by atoms with Crippen LogP contribution < -0.4 is 9.47 Å². The van der Waals surface area contributed by atoms with Crippen LogP contribution in [0, 0.1) is 0 Å². The van der Waals surface area contributed by atoms with E-state index >= 15 is 0 Å². The van der Waals surface area contributed by atoms with Crippen LogP contribution in [0.2, 0.25) is 0 Å². The summed E-state index contributed by atoms with van der Waals surface area (Å²) in [6.07, 6.45) is 0. The average Bonchev–Trinajstić information content (AvgIpc) is 2.76. The lowest BCUT2D eigenvalue weighted by atomic mass is 9.81.